The summed E-state index contributed by atoms with van der Waals surface area (Å²) in [5.41, 5.74) is 2.11. The van der Waals surface area contributed by atoms with Gasteiger partial charge in [-0.15, -0.1) is 0 Å². The molecule has 1 aromatic carbocycles. The quantitative estimate of drug-likeness (QED) is 0.337. The maximum atomic E-state index is 13.4. The summed E-state index contributed by atoms with van der Waals surface area (Å²) in [6, 6.07) is 1.77. The van der Waals surface area contributed by atoms with Crippen molar-refractivity contribution < 1.29 is 35.9 Å². The number of nitrogens with zero attached hydrogens (tertiary/aromatic N) is 7. The third-order valence-electron chi connectivity index (χ3n) is 8.40. The Hall–Kier alpha value is -3.76. The number of rotatable bonds is 7. The number of benzene rings is 1. The number of amides is 1. The minimum atomic E-state index is -4.91. The fraction of sp³-hybridized carbons (Fsp3) is 0.562. The molecule has 0 aliphatic carbocycles. The van der Waals surface area contributed by atoms with E-state index < -0.39 is 23.5 Å². The van der Waals surface area contributed by atoms with Gasteiger partial charge in [0.2, 0.25) is 12.4 Å². The van der Waals surface area contributed by atoms with E-state index in [0.29, 0.717) is 19.5 Å². The molecule has 3 aliphatic heterocycles. The number of hydrazine groups is 1. The van der Waals surface area contributed by atoms with E-state index in [1.807, 2.05) is 27.2 Å². The van der Waals surface area contributed by atoms with Crippen molar-refractivity contribution in [2.24, 2.45) is 0 Å². The van der Waals surface area contributed by atoms with Crippen LogP contribution in [0.25, 0.3) is 5.57 Å². The fourth-order valence-electron chi connectivity index (χ4n) is 5.70. The maximum absolute atomic E-state index is 13.4. The Morgan fingerprint density at radius 3 is 1.94 bits per heavy atom. The molecule has 3 aliphatic rings. The van der Waals surface area contributed by atoms with Gasteiger partial charge in [0.05, 0.1) is 11.1 Å². The van der Waals surface area contributed by atoms with Crippen molar-refractivity contribution in [3.05, 3.63) is 59.0 Å². The van der Waals surface area contributed by atoms with Crippen LogP contribution >= 0.6 is 0 Å². The number of alkyl halides is 6. The summed E-state index contributed by atoms with van der Waals surface area (Å²) < 4.78 is 80.6. The molecule has 16 heteroatoms. The molecule has 0 bridgehead atoms. The average molecular weight is 687 g/mol. The van der Waals surface area contributed by atoms with Crippen molar-refractivity contribution in [1.29, 1.82) is 0 Å². The van der Waals surface area contributed by atoms with Gasteiger partial charge in [-0.3, -0.25) is 4.79 Å². The number of anilines is 1. The number of carbonyl (C=O) groups is 2. The molecule has 4 heterocycles. The Bertz CT molecular complexity index is 1330. The van der Waals surface area contributed by atoms with Crippen LogP contribution in [0.3, 0.4) is 0 Å². The molecule has 10 nitrogen and oxygen atoms in total. The van der Waals surface area contributed by atoms with Gasteiger partial charge in [0.1, 0.15) is 6.29 Å². The second-order valence-corrected chi connectivity index (χ2v) is 12.0. The van der Waals surface area contributed by atoms with Crippen molar-refractivity contribution in [3.8, 4) is 0 Å². The van der Waals surface area contributed by atoms with Crippen LogP contribution in [0.1, 0.15) is 48.9 Å². The van der Waals surface area contributed by atoms with Gasteiger partial charge >= 0.3 is 12.4 Å². The Balaban J connectivity index is 0.000000441. The van der Waals surface area contributed by atoms with Crippen LogP contribution in [0.4, 0.5) is 32.3 Å². The van der Waals surface area contributed by atoms with Gasteiger partial charge in [0, 0.05) is 89.1 Å². The Kier molecular flexibility index (Phi) is 13.8. The van der Waals surface area contributed by atoms with Crippen molar-refractivity contribution in [3.63, 3.8) is 0 Å². The van der Waals surface area contributed by atoms with Gasteiger partial charge in [0.15, 0.2) is 0 Å². The monoisotopic (exact) mass is 686 g/mol. The van der Waals surface area contributed by atoms with Crippen LogP contribution < -0.4 is 10.3 Å². The second kappa shape index (κ2) is 17.1. The van der Waals surface area contributed by atoms with E-state index in [9.17, 15) is 31.1 Å². The van der Waals surface area contributed by atoms with Gasteiger partial charge in [0.25, 0.3) is 0 Å². The van der Waals surface area contributed by atoms with E-state index in [4.69, 9.17) is 4.79 Å². The van der Waals surface area contributed by atoms with E-state index in [0.717, 1.165) is 68.6 Å². The maximum Gasteiger partial charge on any atom is 0.416 e. The molecule has 2 atom stereocenters. The molecule has 1 N–H and O–H groups in total. The molecule has 2 aromatic rings. The van der Waals surface area contributed by atoms with Gasteiger partial charge in [-0.2, -0.15) is 26.3 Å². The van der Waals surface area contributed by atoms with E-state index in [-0.39, 0.29) is 36.2 Å². The smallest absolute Gasteiger partial charge is 0.343 e. The van der Waals surface area contributed by atoms with Crippen molar-refractivity contribution in [2.75, 3.05) is 65.3 Å². The molecule has 48 heavy (non-hydrogen) atoms. The highest BCUT2D eigenvalue weighted by Gasteiger charge is 2.38. The fourth-order valence-corrected chi connectivity index (χ4v) is 5.70. The third-order valence-corrected chi connectivity index (χ3v) is 8.40. The van der Waals surface area contributed by atoms with E-state index in [2.05, 4.69) is 32.2 Å². The summed E-state index contributed by atoms with van der Waals surface area (Å²) in [6.07, 6.45) is -1.41. The summed E-state index contributed by atoms with van der Waals surface area (Å²) in [6.45, 7) is 8.29. The van der Waals surface area contributed by atoms with Crippen molar-refractivity contribution >= 4 is 24.2 Å². The highest BCUT2D eigenvalue weighted by molar-refractivity contribution is 5.67. The first-order valence-electron chi connectivity index (χ1n) is 15.6. The molecule has 0 radical (unpaired) electrons. The number of halogens is 6. The Labute approximate surface area is 277 Å². The molecule has 2 saturated heterocycles. The van der Waals surface area contributed by atoms with Gasteiger partial charge in [-0.25, -0.2) is 15.4 Å². The SMILES string of the molecule is CC=O.CC[C@@H]1C[C@H](N(Cc2cc(C(F)(F)F)cc(C(F)(F)F)c2)c2ncc(C3=CN(C)NC3)cn2)CN1C.CN1CCN(C=O)CC1. The molecule has 1 aromatic heterocycles. The van der Waals surface area contributed by atoms with Crippen LogP contribution in [0.15, 0.2) is 36.8 Å². The predicted octanol–water partition coefficient (Wildman–Crippen LogP) is 4.39. The first-order valence-corrected chi connectivity index (χ1v) is 15.6. The summed E-state index contributed by atoms with van der Waals surface area (Å²) >= 11 is 0. The number of hydrogen-bond donors (Lipinski definition) is 1. The normalized spacial score (nSPS) is 20.4. The zero-order valence-electron chi connectivity index (χ0n) is 27.9. The molecule has 2 fully saturated rings. The minimum absolute atomic E-state index is 0.100. The number of nitrogens with one attached hydrogen (secondary N) is 1. The van der Waals surface area contributed by atoms with Crippen LogP contribution in [0.5, 0.6) is 0 Å². The van der Waals surface area contributed by atoms with Crippen LogP contribution in [0, 0.1) is 0 Å². The molecule has 266 valence electrons. The third kappa shape index (κ3) is 10.9. The molecule has 5 rings (SSSR count). The summed E-state index contributed by atoms with van der Waals surface area (Å²) in [5, 5.41) is 1.81. The zero-order chi connectivity index (χ0) is 35.6. The summed E-state index contributed by atoms with van der Waals surface area (Å²) in [7, 11) is 5.88. The lowest BCUT2D eigenvalue weighted by Gasteiger charge is -2.29. The lowest BCUT2D eigenvalue weighted by Crippen LogP contribution is -2.43. The number of aldehydes is 1. The number of likely N-dealkylation sites (N-methyl/N-ethyl adjacent to an activating group) is 2. The molecule has 1 amide bonds. The second-order valence-electron chi connectivity index (χ2n) is 12.0. The van der Waals surface area contributed by atoms with Crippen LogP contribution in [0.2, 0.25) is 0 Å². The standard InChI is InChI=1S/C24H28F6N6.C6H12N2O.C2H4O/c1-4-20-8-21(14-34(20)2)36(22-31-9-16(10-32-22)17-11-33-35(3)13-17)12-15-5-18(23(25,26)27)7-19(6-15)24(28,29)30;1-7-2-4-8(6-9)5-3-7;1-2-3/h5-7,9-10,13,20-21,33H,4,8,11-12,14H2,1-3H3;6H,2-5H2,1H3;2H,1H3/t20-,21+;;/m1../s1. The number of aromatic nitrogens is 2. The zero-order valence-corrected chi connectivity index (χ0v) is 27.9. The molecular formula is C32H44F6N8O2. The molecule has 0 spiro atoms. The van der Waals surface area contributed by atoms with Crippen LogP contribution in [-0.2, 0) is 28.5 Å². The summed E-state index contributed by atoms with van der Waals surface area (Å²) in [4.78, 5) is 35.8. The van der Waals surface area contributed by atoms with E-state index >= 15 is 0 Å². The van der Waals surface area contributed by atoms with Gasteiger partial charge in [-0.05, 0) is 63.2 Å². The molecule has 0 unspecified atom stereocenters. The van der Waals surface area contributed by atoms with E-state index in [1.54, 1.807) is 27.2 Å². The first-order chi connectivity index (χ1) is 22.6. The molecule has 0 saturated carbocycles. The average Bonchev–Trinajstić information content (AvgIpc) is 3.65. The number of carbonyl (C=O) groups excluding carboxylic acids is 2. The topological polar surface area (TPSA) is 88.2 Å². The highest BCUT2D eigenvalue weighted by atomic mass is 19.4. The number of hydrogen-bond acceptors (Lipinski definition) is 9. The Morgan fingerprint density at radius 1 is 0.938 bits per heavy atom. The Morgan fingerprint density at radius 2 is 1.50 bits per heavy atom. The number of piperazine rings is 1. The lowest BCUT2D eigenvalue weighted by molar-refractivity contribution is -0.143. The van der Waals surface area contributed by atoms with Gasteiger partial charge < -0.3 is 29.4 Å². The minimum Gasteiger partial charge on any atom is -0.343 e. The largest absolute Gasteiger partial charge is 0.416 e. The van der Waals surface area contributed by atoms with Gasteiger partial charge in [-0.1, -0.05) is 6.92 Å². The summed E-state index contributed by atoms with van der Waals surface area (Å²) in [5.74, 6) is 0.264. The highest BCUT2D eigenvalue weighted by Crippen LogP contribution is 2.37. The van der Waals surface area contributed by atoms with Crippen molar-refractivity contribution in [1.82, 2.24) is 35.1 Å². The van der Waals surface area contributed by atoms with Crippen molar-refractivity contribution in [2.45, 2.75) is 57.7 Å². The molecular weight excluding hydrogens is 642 g/mol. The van der Waals surface area contributed by atoms with Crippen LogP contribution in [-0.4, -0.2) is 115 Å². The van der Waals surface area contributed by atoms with E-state index in [1.165, 1.54) is 6.92 Å². The number of likely N-dealkylation sites (tertiary alicyclic amines) is 1. The predicted molar refractivity (Wildman–Crippen MR) is 170 cm³/mol. The first kappa shape index (κ1) is 38.7. The lowest BCUT2D eigenvalue weighted by atomic mass is 10.0.